The van der Waals surface area contributed by atoms with Crippen LogP contribution in [0.5, 0.6) is 0 Å². The number of carbonyl (C=O) groups is 2. The summed E-state index contributed by atoms with van der Waals surface area (Å²) in [6, 6.07) is 18.6. The number of hydrogen-bond donors (Lipinski definition) is 1. The molecular formula is C20H18N2O3S. The molecule has 132 valence electrons. The molecule has 2 aromatic carbocycles. The van der Waals surface area contributed by atoms with E-state index in [0.29, 0.717) is 5.69 Å². The Hall–Kier alpha value is -2.99. The van der Waals surface area contributed by atoms with E-state index in [9.17, 15) is 9.59 Å². The molecule has 0 aliphatic carbocycles. The summed E-state index contributed by atoms with van der Waals surface area (Å²) in [4.78, 5) is 28.8. The molecule has 6 heteroatoms. The van der Waals surface area contributed by atoms with Crippen LogP contribution in [0.3, 0.4) is 0 Å². The quantitative estimate of drug-likeness (QED) is 0.673. The van der Waals surface area contributed by atoms with Gasteiger partial charge in [0.2, 0.25) is 0 Å². The van der Waals surface area contributed by atoms with Gasteiger partial charge in [0, 0.05) is 10.9 Å². The largest absolute Gasteiger partial charge is 0.469 e. The van der Waals surface area contributed by atoms with Gasteiger partial charge in [0.15, 0.2) is 0 Å². The molecule has 0 unspecified atom stereocenters. The zero-order valence-corrected chi connectivity index (χ0v) is 15.0. The number of esters is 1. The van der Waals surface area contributed by atoms with E-state index in [-0.39, 0.29) is 18.3 Å². The number of methoxy groups -OCH3 is 1. The zero-order valence-electron chi connectivity index (χ0n) is 14.2. The van der Waals surface area contributed by atoms with Crippen molar-refractivity contribution in [1.82, 2.24) is 10.3 Å². The van der Waals surface area contributed by atoms with Gasteiger partial charge in [-0.15, -0.1) is 11.3 Å². The Kier molecular flexibility index (Phi) is 5.76. The molecule has 0 aliphatic rings. The van der Waals surface area contributed by atoms with E-state index in [1.807, 2.05) is 60.7 Å². The number of hydrogen-bond acceptors (Lipinski definition) is 5. The van der Waals surface area contributed by atoms with Gasteiger partial charge in [-0.3, -0.25) is 9.59 Å². The van der Waals surface area contributed by atoms with Crippen molar-refractivity contribution in [2.24, 2.45) is 0 Å². The number of carbonyl (C=O) groups excluding carboxylic acids is 2. The van der Waals surface area contributed by atoms with Crippen LogP contribution in [0.1, 0.15) is 28.5 Å². The SMILES string of the molecule is COC(=O)C[C@@H](NC(=O)c1csc(-c2ccccc2)n1)c1ccccc1. The molecule has 1 amide bonds. The average molecular weight is 366 g/mol. The maximum Gasteiger partial charge on any atom is 0.307 e. The van der Waals surface area contributed by atoms with Gasteiger partial charge < -0.3 is 10.1 Å². The maximum atomic E-state index is 12.6. The lowest BCUT2D eigenvalue weighted by atomic mass is 10.0. The molecule has 3 aromatic rings. The van der Waals surface area contributed by atoms with Crippen molar-refractivity contribution in [3.63, 3.8) is 0 Å². The molecule has 1 atom stereocenters. The van der Waals surface area contributed by atoms with Crippen molar-refractivity contribution in [3.8, 4) is 10.6 Å². The third kappa shape index (κ3) is 4.34. The Balaban J connectivity index is 1.77. The average Bonchev–Trinajstić information content (AvgIpc) is 3.19. The highest BCUT2D eigenvalue weighted by molar-refractivity contribution is 7.13. The van der Waals surface area contributed by atoms with E-state index in [4.69, 9.17) is 4.74 Å². The summed E-state index contributed by atoms with van der Waals surface area (Å²) in [5.41, 5.74) is 2.13. The maximum absolute atomic E-state index is 12.6. The molecule has 0 aliphatic heterocycles. The van der Waals surface area contributed by atoms with Gasteiger partial charge in [-0.1, -0.05) is 60.7 Å². The van der Waals surface area contributed by atoms with E-state index in [1.54, 1.807) is 5.38 Å². The number of ether oxygens (including phenoxy) is 1. The number of benzene rings is 2. The Morgan fingerprint density at radius 3 is 2.38 bits per heavy atom. The number of amides is 1. The Morgan fingerprint density at radius 2 is 1.73 bits per heavy atom. The van der Waals surface area contributed by atoms with Gasteiger partial charge in [-0.05, 0) is 5.56 Å². The van der Waals surface area contributed by atoms with Crippen LogP contribution < -0.4 is 5.32 Å². The molecule has 1 heterocycles. The van der Waals surface area contributed by atoms with Crippen LogP contribution in [-0.2, 0) is 9.53 Å². The van der Waals surface area contributed by atoms with Crippen molar-refractivity contribution >= 4 is 23.2 Å². The van der Waals surface area contributed by atoms with Crippen LogP contribution in [-0.4, -0.2) is 24.0 Å². The lowest BCUT2D eigenvalue weighted by Gasteiger charge is -2.17. The van der Waals surface area contributed by atoms with Gasteiger partial charge in [0.05, 0.1) is 19.6 Å². The van der Waals surface area contributed by atoms with Crippen molar-refractivity contribution in [2.45, 2.75) is 12.5 Å². The van der Waals surface area contributed by atoms with E-state index < -0.39 is 6.04 Å². The molecule has 0 spiro atoms. The minimum absolute atomic E-state index is 0.0575. The number of rotatable bonds is 6. The van der Waals surface area contributed by atoms with Gasteiger partial charge >= 0.3 is 5.97 Å². The predicted octanol–water partition coefficient (Wildman–Crippen LogP) is 3.84. The van der Waals surface area contributed by atoms with E-state index >= 15 is 0 Å². The van der Waals surface area contributed by atoms with Crippen LogP contribution >= 0.6 is 11.3 Å². The molecule has 0 saturated heterocycles. The molecule has 1 N–H and O–H groups in total. The second kappa shape index (κ2) is 8.40. The summed E-state index contributed by atoms with van der Waals surface area (Å²) in [7, 11) is 1.33. The fraction of sp³-hybridized carbons (Fsp3) is 0.150. The topological polar surface area (TPSA) is 68.3 Å². The molecule has 1 aromatic heterocycles. The molecular weight excluding hydrogens is 348 g/mol. The van der Waals surface area contributed by atoms with E-state index in [1.165, 1.54) is 18.4 Å². The van der Waals surface area contributed by atoms with Gasteiger partial charge in [-0.2, -0.15) is 0 Å². The lowest BCUT2D eigenvalue weighted by Crippen LogP contribution is -2.30. The minimum atomic E-state index is -0.474. The van der Waals surface area contributed by atoms with Crippen LogP contribution in [0.25, 0.3) is 10.6 Å². The van der Waals surface area contributed by atoms with Gasteiger partial charge in [0.1, 0.15) is 10.7 Å². The highest BCUT2D eigenvalue weighted by Crippen LogP contribution is 2.24. The molecule has 3 rings (SSSR count). The highest BCUT2D eigenvalue weighted by atomic mass is 32.1. The third-order valence-corrected chi connectivity index (χ3v) is 4.75. The summed E-state index contributed by atoms with van der Waals surface area (Å²) in [6.07, 6.45) is 0.0575. The summed E-state index contributed by atoms with van der Waals surface area (Å²) in [5, 5.41) is 5.38. The van der Waals surface area contributed by atoms with Crippen LogP contribution in [0, 0.1) is 0 Å². The first-order valence-electron chi connectivity index (χ1n) is 8.11. The van der Waals surface area contributed by atoms with Crippen LogP contribution in [0.4, 0.5) is 0 Å². The lowest BCUT2D eigenvalue weighted by molar-refractivity contribution is -0.141. The van der Waals surface area contributed by atoms with Crippen LogP contribution in [0.15, 0.2) is 66.0 Å². The summed E-state index contributed by atoms with van der Waals surface area (Å²) >= 11 is 1.41. The Bertz CT molecular complexity index is 878. The van der Waals surface area contributed by atoms with E-state index in [0.717, 1.165) is 16.1 Å². The van der Waals surface area contributed by atoms with Crippen molar-refractivity contribution in [2.75, 3.05) is 7.11 Å². The molecule has 0 bridgehead atoms. The smallest absolute Gasteiger partial charge is 0.307 e. The highest BCUT2D eigenvalue weighted by Gasteiger charge is 2.21. The Morgan fingerprint density at radius 1 is 1.08 bits per heavy atom. The standard InChI is InChI=1S/C20H18N2O3S/c1-25-18(23)12-16(14-8-4-2-5-9-14)21-19(24)17-13-26-20(22-17)15-10-6-3-7-11-15/h2-11,13,16H,12H2,1H3,(H,21,24)/t16-/m1/s1. The normalized spacial score (nSPS) is 11.6. The number of nitrogens with one attached hydrogen (secondary N) is 1. The summed E-state index contributed by atoms with van der Waals surface area (Å²) in [5.74, 6) is -0.705. The first-order valence-corrected chi connectivity index (χ1v) is 8.99. The molecule has 26 heavy (non-hydrogen) atoms. The minimum Gasteiger partial charge on any atom is -0.469 e. The zero-order chi connectivity index (χ0) is 18.4. The second-order valence-electron chi connectivity index (χ2n) is 5.62. The molecule has 0 saturated carbocycles. The summed E-state index contributed by atoms with van der Waals surface area (Å²) < 4.78 is 4.75. The monoisotopic (exact) mass is 366 g/mol. The second-order valence-corrected chi connectivity index (χ2v) is 6.48. The van der Waals surface area contributed by atoms with Gasteiger partial charge in [-0.25, -0.2) is 4.98 Å². The molecule has 0 fully saturated rings. The number of nitrogens with zero attached hydrogens (tertiary/aromatic N) is 1. The van der Waals surface area contributed by atoms with Crippen LogP contribution in [0.2, 0.25) is 0 Å². The Labute approximate surface area is 155 Å². The van der Waals surface area contributed by atoms with Crippen molar-refractivity contribution in [1.29, 1.82) is 0 Å². The summed E-state index contributed by atoms with van der Waals surface area (Å²) in [6.45, 7) is 0. The number of aromatic nitrogens is 1. The molecule has 0 radical (unpaired) electrons. The van der Waals surface area contributed by atoms with Crippen molar-refractivity contribution in [3.05, 3.63) is 77.3 Å². The van der Waals surface area contributed by atoms with Crippen molar-refractivity contribution < 1.29 is 14.3 Å². The van der Waals surface area contributed by atoms with Gasteiger partial charge in [0.25, 0.3) is 5.91 Å². The fourth-order valence-corrected chi connectivity index (χ4v) is 3.32. The molecule has 5 nitrogen and oxygen atoms in total. The first kappa shape index (κ1) is 17.8. The fourth-order valence-electron chi connectivity index (χ4n) is 2.51. The van der Waals surface area contributed by atoms with E-state index in [2.05, 4.69) is 10.3 Å². The number of thiazole rings is 1. The predicted molar refractivity (Wildman–Crippen MR) is 101 cm³/mol. The first-order chi connectivity index (χ1) is 12.7. The third-order valence-electron chi connectivity index (χ3n) is 3.86.